The van der Waals surface area contributed by atoms with Crippen LogP contribution in [0.5, 0.6) is 0 Å². The van der Waals surface area contributed by atoms with Crippen LogP contribution in [0.1, 0.15) is 37.1 Å². The van der Waals surface area contributed by atoms with Crippen LogP contribution >= 0.6 is 11.3 Å². The first-order valence-electron chi connectivity index (χ1n) is 10.1. The summed E-state index contributed by atoms with van der Waals surface area (Å²) in [5.74, 6) is -0.682. The van der Waals surface area contributed by atoms with Crippen molar-refractivity contribution in [3.8, 4) is 0 Å². The minimum atomic E-state index is -1.17. The first kappa shape index (κ1) is 22.2. The van der Waals surface area contributed by atoms with E-state index < -0.39 is 5.41 Å². The maximum absolute atomic E-state index is 13.6. The third-order valence-corrected chi connectivity index (χ3v) is 6.42. The fraction of sp³-hybridized carbons (Fsp3) is 0.435. The van der Waals surface area contributed by atoms with Crippen molar-refractivity contribution >= 4 is 29.1 Å². The smallest absolute Gasteiger partial charge is 0.241 e. The summed E-state index contributed by atoms with van der Waals surface area (Å²) < 4.78 is 5.14. The fourth-order valence-corrected chi connectivity index (χ4v) is 4.65. The van der Waals surface area contributed by atoms with E-state index in [0.29, 0.717) is 18.7 Å². The SMILES string of the molecule is COCCN(C(=O)CC1(c2ccccc2)CC(=O)N(Cc2cccs2)C1=O)C(C)C. The third-order valence-electron chi connectivity index (χ3n) is 5.56. The van der Waals surface area contributed by atoms with Gasteiger partial charge in [0.25, 0.3) is 0 Å². The minimum absolute atomic E-state index is 0.00315. The maximum atomic E-state index is 13.6. The van der Waals surface area contributed by atoms with Crippen LogP contribution in [0.2, 0.25) is 0 Å². The molecular formula is C23H28N2O4S. The van der Waals surface area contributed by atoms with E-state index in [1.165, 1.54) is 16.2 Å². The first-order chi connectivity index (χ1) is 14.4. The molecule has 2 aromatic rings. The number of rotatable bonds is 9. The summed E-state index contributed by atoms with van der Waals surface area (Å²) in [6.45, 7) is 4.98. The first-order valence-corrected chi connectivity index (χ1v) is 11.0. The van der Waals surface area contributed by atoms with Crippen LogP contribution in [0.25, 0.3) is 0 Å². The molecule has 7 heteroatoms. The highest BCUT2D eigenvalue weighted by molar-refractivity contribution is 7.09. The van der Waals surface area contributed by atoms with Crippen molar-refractivity contribution in [1.82, 2.24) is 9.80 Å². The molecule has 0 spiro atoms. The number of nitrogens with zero attached hydrogens (tertiary/aromatic N) is 2. The van der Waals surface area contributed by atoms with Crippen molar-refractivity contribution in [2.24, 2.45) is 0 Å². The van der Waals surface area contributed by atoms with Gasteiger partial charge in [-0.2, -0.15) is 0 Å². The number of methoxy groups -OCH3 is 1. The van der Waals surface area contributed by atoms with Gasteiger partial charge in [0.1, 0.15) is 0 Å². The zero-order valence-electron chi connectivity index (χ0n) is 17.7. The molecule has 160 valence electrons. The number of amides is 3. The number of likely N-dealkylation sites (tertiary alicyclic amines) is 1. The molecule has 0 saturated carbocycles. The molecule has 2 heterocycles. The fourth-order valence-electron chi connectivity index (χ4n) is 3.96. The molecule has 30 heavy (non-hydrogen) atoms. The van der Waals surface area contributed by atoms with Crippen molar-refractivity contribution in [2.75, 3.05) is 20.3 Å². The molecule has 6 nitrogen and oxygen atoms in total. The Labute approximate surface area is 181 Å². The molecule has 1 aliphatic rings. The Kier molecular flexibility index (Phi) is 7.05. The molecule has 0 aliphatic carbocycles. The monoisotopic (exact) mass is 428 g/mol. The summed E-state index contributed by atoms with van der Waals surface area (Å²) in [5.41, 5.74) is -0.465. The lowest BCUT2D eigenvalue weighted by molar-refractivity contribution is -0.143. The van der Waals surface area contributed by atoms with E-state index >= 15 is 0 Å². The third kappa shape index (κ3) is 4.47. The van der Waals surface area contributed by atoms with Gasteiger partial charge in [-0.3, -0.25) is 19.3 Å². The predicted molar refractivity (Wildman–Crippen MR) is 116 cm³/mol. The lowest BCUT2D eigenvalue weighted by Crippen LogP contribution is -2.46. The topological polar surface area (TPSA) is 66.9 Å². The second kappa shape index (κ2) is 9.53. The van der Waals surface area contributed by atoms with Crippen LogP contribution < -0.4 is 0 Å². The predicted octanol–water partition coefficient (Wildman–Crippen LogP) is 3.22. The van der Waals surface area contributed by atoms with Gasteiger partial charge in [-0.25, -0.2) is 0 Å². The van der Waals surface area contributed by atoms with E-state index in [1.54, 1.807) is 12.0 Å². The van der Waals surface area contributed by atoms with Crippen LogP contribution in [-0.4, -0.2) is 53.8 Å². The van der Waals surface area contributed by atoms with E-state index in [4.69, 9.17) is 4.74 Å². The van der Waals surface area contributed by atoms with Crippen molar-refractivity contribution < 1.29 is 19.1 Å². The molecule has 0 radical (unpaired) electrons. The average Bonchev–Trinajstić information content (AvgIpc) is 3.32. The number of hydrogen-bond donors (Lipinski definition) is 0. The molecule has 1 fully saturated rings. The number of thiophene rings is 1. The number of carbonyl (C=O) groups excluding carboxylic acids is 3. The largest absolute Gasteiger partial charge is 0.383 e. The summed E-state index contributed by atoms with van der Waals surface area (Å²) in [5, 5.41) is 1.92. The Morgan fingerprint density at radius 2 is 1.93 bits per heavy atom. The number of imide groups is 1. The molecule has 1 aliphatic heterocycles. The minimum Gasteiger partial charge on any atom is -0.383 e. The Morgan fingerprint density at radius 1 is 1.20 bits per heavy atom. The molecule has 0 N–H and O–H groups in total. The van der Waals surface area contributed by atoms with Gasteiger partial charge < -0.3 is 9.64 Å². The highest BCUT2D eigenvalue weighted by Gasteiger charge is 2.54. The van der Waals surface area contributed by atoms with Crippen LogP contribution in [0, 0.1) is 0 Å². The molecule has 1 unspecified atom stereocenters. The van der Waals surface area contributed by atoms with Crippen molar-refractivity contribution in [3.05, 3.63) is 58.3 Å². The quantitative estimate of drug-likeness (QED) is 0.575. The maximum Gasteiger partial charge on any atom is 0.241 e. The highest BCUT2D eigenvalue weighted by Crippen LogP contribution is 2.41. The molecule has 1 aromatic heterocycles. The summed E-state index contributed by atoms with van der Waals surface area (Å²) in [6.07, 6.45) is -0.0341. The van der Waals surface area contributed by atoms with Crippen molar-refractivity contribution in [1.29, 1.82) is 0 Å². The zero-order chi connectivity index (χ0) is 21.7. The van der Waals surface area contributed by atoms with E-state index in [0.717, 1.165) is 4.88 Å². The van der Waals surface area contributed by atoms with Crippen LogP contribution in [0.3, 0.4) is 0 Å². The van der Waals surface area contributed by atoms with E-state index in [9.17, 15) is 14.4 Å². The van der Waals surface area contributed by atoms with Crippen molar-refractivity contribution in [3.63, 3.8) is 0 Å². The van der Waals surface area contributed by atoms with Gasteiger partial charge >= 0.3 is 0 Å². The summed E-state index contributed by atoms with van der Waals surface area (Å²) in [7, 11) is 1.59. The lowest BCUT2D eigenvalue weighted by Gasteiger charge is -2.32. The highest BCUT2D eigenvalue weighted by atomic mass is 32.1. The second-order valence-electron chi connectivity index (χ2n) is 7.84. The van der Waals surface area contributed by atoms with Gasteiger partial charge in [0.2, 0.25) is 17.7 Å². The Balaban J connectivity index is 1.94. The van der Waals surface area contributed by atoms with Gasteiger partial charge in [0.05, 0.1) is 18.6 Å². The van der Waals surface area contributed by atoms with Gasteiger partial charge in [0.15, 0.2) is 0 Å². The van der Waals surface area contributed by atoms with Crippen LogP contribution in [-0.2, 0) is 31.1 Å². The molecule has 1 atom stereocenters. The lowest BCUT2D eigenvalue weighted by atomic mass is 9.75. The Hall–Kier alpha value is -2.51. The molecule has 1 aromatic carbocycles. The molecule has 1 saturated heterocycles. The van der Waals surface area contributed by atoms with E-state index in [-0.39, 0.29) is 43.1 Å². The number of ether oxygens (including phenoxy) is 1. The Morgan fingerprint density at radius 3 is 2.53 bits per heavy atom. The van der Waals surface area contributed by atoms with Crippen LogP contribution in [0.4, 0.5) is 0 Å². The number of carbonyl (C=O) groups is 3. The molecule has 3 amide bonds. The number of benzene rings is 1. The zero-order valence-corrected chi connectivity index (χ0v) is 18.5. The summed E-state index contributed by atoms with van der Waals surface area (Å²) in [6, 6.07) is 13.0. The second-order valence-corrected chi connectivity index (χ2v) is 8.87. The van der Waals surface area contributed by atoms with Crippen LogP contribution in [0.15, 0.2) is 47.8 Å². The normalized spacial score (nSPS) is 19.0. The summed E-state index contributed by atoms with van der Waals surface area (Å²) >= 11 is 1.51. The Bertz CT molecular complexity index is 882. The molecular weight excluding hydrogens is 400 g/mol. The summed E-state index contributed by atoms with van der Waals surface area (Å²) in [4.78, 5) is 43.8. The van der Waals surface area contributed by atoms with Gasteiger partial charge in [-0.05, 0) is 30.9 Å². The van der Waals surface area contributed by atoms with E-state index in [2.05, 4.69) is 0 Å². The van der Waals surface area contributed by atoms with Gasteiger partial charge in [-0.15, -0.1) is 11.3 Å². The standard InChI is InChI=1S/C23H28N2O4S/c1-17(2)24(11-12-29-3)20(26)14-23(18-8-5-4-6-9-18)15-21(27)25(22(23)28)16-19-10-7-13-30-19/h4-10,13,17H,11-12,14-16H2,1-3H3. The average molecular weight is 429 g/mol. The molecule has 3 rings (SSSR count). The van der Waals surface area contributed by atoms with Gasteiger partial charge in [-0.1, -0.05) is 36.4 Å². The van der Waals surface area contributed by atoms with E-state index in [1.807, 2.05) is 61.7 Å². The van der Waals surface area contributed by atoms with Gasteiger partial charge in [0, 0.05) is 37.4 Å². The van der Waals surface area contributed by atoms with Crippen molar-refractivity contribution in [2.45, 2.75) is 44.7 Å². The number of hydrogen-bond acceptors (Lipinski definition) is 5. The molecule has 0 bridgehead atoms.